The van der Waals surface area contributed by atoms with Crippen molar-refractivity contribution in [2.75, 3.05) is 13.1 Å². The number of sulfonamides is 1. The lowest BCUT2D eigenvalue weighted by Gasteiger charge is -2.18. The van der Waals surface area contributed by atoms with E-state index in [9.17, 15) is 13.2 Å². The maximum atomic E-state index is 12.6. The minimum atomic E-state index is -3.82. The second kappa shape index (κ2) is 5.37. The van der Waals surface area contributed by atoms with Crippen LogP contribution in [0.25, 0.3) is 0 Å². The van der Waals surface area contributed by atoms with Gasteiger partial charge in [0.25, 0.3) is 5.91 Å². The van der Waals surface area contributed by atoms with E-state index in [1.54, 1.807) is 6.07 Å². The first kappa shape index (κ1) is 15.0. The minimum absolute atomic E-state index is 0.0420. The number of carbonyl (C=O) groups is 1. The fourth-order valence-corrected chi connectivity index (χ4v) is 4.66. The number of amides is 1. The van der Waals surface area contributed by atoms with Gasteiger partial charge in [0.15, 0.2) is 0 Å². The van der Waals surface area contributed by atoms with Gasteiger partial charge in [0.2, 0.25) is 10.0 Å². The summed E-state index contributed by atoms with van der Waals surface area (Å²) in [5.74, 6) is 1.10. The molecule has 1 aromatic rings. The molecule has 1 aliphatic heterocycles. The molecule has 2 atom stereocenters. The van der Waals surface area contributed by atoms with Gasteiger partial charge >= 0.3 is 0 Å². The maximum absolute atomic E-state index is 12.6. The third-order valence-corrected chi connectivity index (χ3v) is 5.81. The Hall–Kier alpha value is -0.920. The summed E-state index contributed by atoms with van der Waals surface area (Å²) < 4.78 is 23.5. The summed E-state index contributed by atoms with van der Waals surface area (Å²) in [4.78, 5) is 14.4. The molecule has 1 saturated heterocycles. The molecule has 5 nitrogen and oxygen atoms in total. The van der Waals surface area contributed by atoms with Crippen molar-refractivity contribution >= 4 is 31.9 Å². The summed E-state index contributed by atoms with van der Waals surface area (Å²) >= 11 is 3.24. The van der Waals surface area contributed by atoms with E-state index in [1.807, 2.05) is 4.90 Å². The van der Waals surface area contributed by atoms with Crippen molar-refractivity contribution in [3.05, 3.63) is 28.2 Å². The number of carbonyl (C=O) groups excluding carboxylic acids is 1. The van der Waals surface area contributed by atoms with E-state index in [-0.39, 0.29) is 10.8 Å². The van der Waals surface area contributed by atoms with E-state index in [1.165, 1.54) is 31.4 Å². The van der Waals surface area contributed by atoms with Crippen molar-refractivity contribution in [1.29, 1.82) is 0 Å². The summed E-state index contributed by atoms with van der Waals surface area (Å²) in [5, 5.41) is 5.15. The highest BCUT2D eigenvalue weighted by Gasteiger charge is 2.38. The fraction of sp³-hybridized carbons (Fsp3) is 0.500. The average Bonchev–Trinajstić information content (AvgIpc) is 2.96. The molecule has 1 aliphatic carbocycles. The molecule has 1 amide bonds. The van der Waals surface area contributed by atoms with E-state index in [0.29, 0.717) is 21.9 Å². The maximum Gasteiger partial charge on any atom is 0.253 e. The summed E-state index contributed by atoms with van der Waals surface area (Å²) in [7, 11) is -3.82. The van der Waals surface area contributed by atoms with Gasteiger partial charge < -0.3 is 4.90 Å². The Bertz CT molecular complexity index is 677. The molecule has 1 aromatic carbocycles. The number of benzene rings is 1. The van der Waals surface area contributed by atoms with Crippen LogP contribution in [0.2, 0.25) is 0 Å². The van der Waals surface area contributed by atoms with Crippen LogP contribution in [-0.2, 0) is 10.0 Å². The Morgan fingerprint density at radius 3 is 2.38 bits per heavy atom. The van der Waals surface area contributed by atoms with Crippen molar-refractivity contribution < 1.29 is 13.2 Å². The van der Waals surface area contributed by atoms with Gasteiger partial charge in [-0.25, -0.2) is 13.6 Å². The Morgan fingerprint density at radius 1 is 1.19 bits per heavy atom. The Balaban J connectivity index is 1.87. The van der Waals surface area contributed by atoms with Crippen molar-refractivity contribution in [3.8, 4) is 0 Å². The predicted octanol–water partition coefficient (Wildman–Crippen LogP) is 1.97. The molecule has 2 N–H and O–H groups in total. The third-order valence-electron chi connectivity index (χ3n) is 4.46. The Labute approximate surface area is 132 Å². The van der Waals surface area contributed by atoms with Crippen LogP contribution in [0, 0.1) is 11.8 Å². The lowest BCUT2D eigenvalue weighted by atomic mass is 10.0. The first-order chi connectivity index (χ1) is 9.84. The predicted molar refractivity (Wildman–Crippen MR) is 82.2 cm³/mol. The van der Waals surface area contributed by atoms with Gasteiger partial charge in [0.1, 0.15) is 0 Å². The van der Waals surface area contributed by atoms with Gasteiger partial charge in [-0.05, 0) is 42.9 Å². The first-order valence-electron chi connectivity index (χ1n) is 6.97. The molecule has 21 heavy (non-hydrogen) atoms. The average molecular weight is 373 g/mol. The largest absolute Gasteiger partial charge is 0.338 e. The zero-order valence-electron chi connectivity index (χ0n) is 11.5. The minimum Gasteiger partial charge on any atom is -0.338 e. The molecule has 114 valence electrons. The summed E-state index contributed by atoms with van der Waals surface area (Å²) in [6.45, 7) is 1.56. The summed E-state index contributed by atoms with van der Waals surface area (Å²) in [6.07, 6.45) is 3.63. The van der Waals surface area contributed by atoms with Crippen LogP contribution in [-0.4, -0.2) is 32.3 Å². The first-order valence-corrected chi connectivity index (χ1v) is 9.31. The molecule has 1 heterocycles. The molecule has 2 fully saturated rings. The number of nitrogens with zero attached hydrogens (tertiary/aromatic N) is 1. The third kappa shape index (κ3) is 3.00. The number of hydrogen-bond acceptors (Lipinski definition) is 3. The highest BCUT2D eigenvalue weighted by atomic mass is 79.9. The monoisotopic (exact) mass is 372 g/mol. The highest BCUT2D eigenvalue weighted by Crippen LogP contribution is 2.38. The fourth-order valence-electron chi connectivity index (χ4n) is 3.43. The topological polar surface area (TPSA) is 80.5 Å². The summed E-state index contributed by atoms with van der Waals surface area (Å²) in [6, 6.07) is 4.41. The van der Waals surface area contributed by atoms with Gasteiger partial charge in [-0.15, -0.1) is 0 Å². The van der Waals surface area contributed by atoms with Gasteiger partial charge in [-0.1, -0.05) is 22.4 Å². The SMILES string of the molecule is NS(=O)(=O)c1cc(Br)cc(C(=O)N2CC3CCCC3C2)c1. The van der Waals surface area contributed by atoms with E-state index in [2.05, 4.69) is 15.9 Å². The molecule has 0 bridgehead atoms. The number of likely N-dealkylation sites (tertiary alicyclic amines) is 1. The van der Waals surface area contributed by atoms with Gasteiger partial charge in [-0.2, -0.15) is 0 Å². The highest BCUT2D eigenvalue weighted by molar-refractivity contribution is 9.10. The molecule has 2 unspecified atom stereocenters. The number of primary sulfonamides is 1. The van der Waals surface area contributed by atoms with E-state index in [4.69, 9.17) is 5.14 Å². The van der Waals surface area contributed by atoms with Crippen LogP contribution in [0.4, 0.5) is 0 Å². The van der Waals surface area contributed by atoms with Crippen LogP contribution in [0.1, 0.15) is 29.6 Å². The van der Waals surface area contributed by atoms with Crippen molar-refractivity contribution in [1.82, 2.24) is 4.90 Å². The molecule has 1 saturated carbocycles. The lowest BCUT2D eigenvalue weighted by Crippen LogP contribution is -2.29. The van der Waals surface area contributed by atoms with Crippen LogP contribution in [0.5, 0.6) is 0 Å². The molecule has 0 spiro atoms. The number of rotatable bonds is 2. The Kier molecular flexibility index (Phi) is 3.83. The quantitative estimate of drug-likeness (QED) is 0.861. The number of hydrogen-bond donors (Lipinski definition) is 1. The number of nitrogens with two attached hydrogens (primary N) is 1. The molecular formula is C14H17BrN2O3S. The molecule has 3 rings (SSSR count). The van der Waals surface area contributed by atoms with Crippen molar-refractivity contribution in [3.63, 3.8) is 0 Å². The van der Waals surface area contributed by atoms with E-state index < -0.39 is 10.0 Å². The second-order valence-corrected chi connectivity index (χ2v) is 8.36. The number of fused-ring (bicyclic) bond motifs is 1. The molecule has 0 aromatic heterocycles. The van der Waals surface area contributed by atoms with E-state index in [0.717, 1.165) is 13.1 Å². The standard InChI is InChI=1S/C14H17BrN2O3S/c15-12-4-11(5-13(6-12)21(16,19)20)14(18)17-7-9-2-1-3-10(9)8-17/h4-6,9-10H,1-3,7-8H2,(H2,16,19,20). The number of halogens is 1. The van der Waals surface area contributed by atoms with Gasteiger partial charge in [0.05, 0.1) is 4.90 Å². The molecular weight excluding hydrogens is 356 g/mol. The van der Waals surface area contributed by atoms with E-state index >= 15 is 0 Å². The lowest BCUT2D eigenvalue weighted by molar-refractivity contribution is 0.0780. The van der Waals surface area contributed by atoms with Crippen LogP contribution < -0.4 is 5.14 Å². The van der Waals surface area contributed by atoms with Crippen molar-refractivity contribution in [2.24, 2.45) is 17.0 Å². The molecule has 2 aliphatic rings. The zero-order valence-corrected chi connectivity index (χ0v) is 13.9. The van der Waals surface area contributed by atoms with Gasteiger partial charge in [0, 0.05) is 23.1 Å². The van der Waals surface area contributed by atoms with Crippen LogP contribution in [0.3, 0.4) is 0 Å². The normalized spacial score (nSPS) is 25.1. The molecule has 0 radical (unpaired) electrons. The smallest absolute Gasteiger partial charge is 0.253 e. The van der Waals surface area contributed by atoms with Crippen molar-refractivity contribution in [2.45, 2.75) is 24.2 Å². The van der Waals surface area contributed by atoms with Gasteiger partial charge in [-0.3, -0.25) is 4.79 Å². The summed E-state index contributed by atoms with van der Waals surface area (Å²) in [5.41, 5.74) is 0.369. The Morgan fingerprint density at radius 2 is 1.81 bits per heavy atom. The molecule has 7 heteroatoms. The zero-order chi connectivity index (χ0) is 15.2. The van der Waals surface area contributed by atoms with Crippen LogP contribution >= 0.6 is 15.9 Å². The van der Waals surface area contributed by atoms with Crippen LogP contribution in [0.15, 0.2) is 27.6 Å². The second-order valence-electron chi connectivity index (χ2n) is 5.88.